The Bertz CT molecular complexity index is 556. The molecule has 1 aromatic rings. The van der Waals surface area contributed by atoms with Gasteiger partial charge >= 0.3 is 0 Å². The topological polar surface area (TPSA) is 75.4 Å². The first-order chi connectivity index (χ1) is 8.99. The maximum Gasteiger partial charge on any atom is 0.279 e. The summed E-state index contributed by atoms with van der Waals surface area (Å²) in [5.74, 6) is 5.68. The van der Waals surface area contributed by atoms with E-state index in [9.17, 15) is 8.42 Å². The second kappa shape index (κ2) is 7.26. The van der Waals surface area contributed by atoms with Gasteiger partial charge in [-0.15, -0.1) is 0 Å². The molecule has 1 aromatic carbocycles. The highest BCUT2D eigenvalue weighted by atomic mass is 32.2. The van der Waals surface area contributed by atoms with E-state index in [1.165, 1.54) is 4.31 Å². The number of nitrogens with two attached hydrogens (primary N) is 1. The van der Waals surface area contributed by atoms with Gasteiger partial charge in [0, 0.05) is 25.7 Å². The average Bonchev–Trinajstić information content (AvgIpc) is 2.38. The fourth-order valence-corrected chi connectivity index (χ4v) is 2.39. The molecular weight excluding hydrogens is 262 g/mol. The van der Waals surface area contributed by atoms with Gasteiger partial charge < -0.3 is 5.73 Å². The highest BCUT2D eigenvalue weighted by Crippen LogP contribution is 2.08. The summed E-state index contributed by atoms with van der Waals surface area (Å²) < 4.78 is 27.2. The molecule has 0 atom stereocenters. The lowest BCUT2D eigenvalue weighted by Crippen LogP contribution is -2.37. The van der Waals surface area contributed by atoms with Gasteiger partial charge in [-0.3, -0.25) is 0 Å². The summed E-state index contributed by atoms with van der Waals surface area (Å²) in [5, 5.41) is 0. The van der Waals surface area contributed by atoms with Crippen molar-refractivity contribution >= 4 is 10.2 Å². The Kier molecular flexibility index (Phi) is 5.99. The number of rotatable bonds is 5. The number of nitrogens with one attached hydrogen (secondary N) is 1. The number of hydrogen-bond acceptors (Lipinski definition) is 3. The molecule has 0 aliphatic rings. The molecule has 104 valence electrons. The van der Waals surface area contributed by atoms with Crippen molar-refractivity contribution in [3.63, 3.8) is 0 Å². The number of nitrogens with zero attached hydrogens (tertiary/aromatic N) is 1. The molecule has 0 saturated carbocycles. The zero-order valence-corrected chi connectivity index (χ0v) is 12.0. The Hall–Kier alpha value is -1.39. The third-order valence-electron chi connectivity index (χ3n) is 2.43. The lowest BCUT2D eigenvalue weighted by molar-refractivity contribution is 0.456. The van der Waals surface area contributed by atoms with E-state index in [1.54, 1.807) is 14.0 Å². The maximum atomic E-state index is 11.7. The first kappa shape index (κ1) is 15.7. The first-order valence-corrected chi connectivity index (χ1v) is 7.42. The molecule has 5 nitrogen and oxygen atoms in total. The molecule has 0 fully saturated rings. The van der Waals surface area contributed by atoms with Crippen LogP contribution in [0.2, 0.25) is 0 Å². The lowest BCUT2D eigenvalue weighted by Gasteiger charge is -2.17. The Balaban J connectivity index is 2.73. The van der Waals surface area contributed by atoms with Crippen LogP contribution in [-0.2, 0) is 16.8 Å². The predicted octanol–water partition coefficient (Wildman–Crippen LogP) is 0.283. The van der Waals surface area contributed by atoms with Gasteiger partial charge in [-0.25, -0.2) is 4.72 Å². The molecule has 0 heterocycles. The Morgan fingerprint density at radius 1 is 1.32 bits per heavy atom. The van der Waals surface area contributed by atoms with Crippen LogP contribution in [0.15, 0.2) is 24.3 Å². The minimum absolute atomic E-state index is 0.319. The molecule has 0 aromatic heterocycles. The Morgan fingerprint density at radius 3 is 2.47 bits per heavy atom. The van der Waals surface area contributed by atoms with E-state index in [0.717, 1.165) is 11.1 Å². The molecule has 0 bridgehead atoms. The summed E-state index contributed by atoms with van der Waals surface area (Å²) in [6.07, 6.45) is 0. The lowest BCUT2D eigenvalue weighted by atomic mass is 10.1. The van der Waals surface area contributed by atoms with E-state index in [-0.39, 0.29) is 0 Å². The number of benzene rings is 1. The van der Waals surface area contributed by atoms with E-state index < -0.39 is 10.2 Å². The molecule has 1 rings (SSSR count). The molecule has 0 saturated heterocycles. The van der Waals surface area contributed by atoms with Crippen molar-refractivity contribution in [2.75, 3.05) is 20.1 Å². The van der Waals surface area contributed by atoms with Gasteiger partial charge in [-0.05, 0) is 17.7 Å². The van der Waals surface area contributed by atoms with E-state index >= 15 is 0 Å². The molecule has 0 radical (unpaired) electrons. The molecule has 0 aliphatic heterocycles. The normalized spacial score (nSPS) is 11.2. The van der Waals surface area contributed by atoms with Crippen LogP contribution in [0, 0.1) is 11.8 Å². The monoisotopic (exact) mass is 281 g/mol. The van der Waals surface area contributed by atoms with E-state index in [2.05, 4.69) is 16.6 Å². The van der Waals surface area contributed by atoms with Crippen molar-refractivity contribution in [1.29, 1.82) is 0 Å². The van der Waals surface area contributed by atoms with Crippen molar-refractivity contribution < 1.29 is 8.42 Å². The van der Waals surface area contributed by atoms with Crippen LogP contribution in [0.25, 0.3) is 0 Å². The van der Waals surface area contributed by atoms with E-state index in [0.29, 0.717) is 19.6 Å². The molecule has 3 N–H and O–H groups in total. The van der Waals surface area contributed by atoms with E-state index in [4.69, 9.17) is 5.73 Å². The Labute approximate surface area is 115 Å². The van der Waals surface area contributed by atoms with Crippen LogP contribution in [0.4, 0.5) is 0 Å². The zero-order valence-electron chi connectivity index (χ0n) is 11.2. The van der Waals surface area contributed by atoms with Gasteiger partial charge in [-0.2, -0.15) is 12.7 Å². The van der Waals surface area contributed by atoms with Crippen molar-refractivity contribution in [2.24, 2.45) is 5.73 Å². The molecule has 0 unspecified atom stereocenters. The second-order valence-electron chi connectivity index (χ2n) is 3.96. The van der Waals surface area contributed by atoms with Crippen LogP contribution < -0.4 is 10.5 Å². The summed E-state index contributed by atoms with van der Waals surface area (Å²) in [6.45, 7) is 2.77. The van der Waals surface area contributed by atoms with Gasteiger partial charge in [0.05, 0.1) is 6.54 Å². The fraction of sp³-hybridized carbons (Fsp3) is 0.385. The SMILES string of the molecule is CCNS(=O)(=O)N(C)Cc1ccc(C#CCN)cc1. The van der Waals surface area contributed by atoms with Crippen LogP contribution >= 0.6 is 0 Å². The van der Waals surface area contributed by atoms with Crippen molar-refractivity contribution in [2.45, 2.75) is 13.5 Å². The molecular formula is C13H19N3O2S. The molecule has 6 heteroatoms. The van der Waals surface area contributed by atoms with Gasteiger partial charge in [0.1, 0.15) is 0 Å². The van der Waals surface area contributed by atoms with Crippen molar-refractivity contribution in [1.82, 2.24) is 9.03 Å². The first-order valence-electron chi connectivity index (χ1n) is 5.98. The van der Waals surface area contributed by atoms with E-state index in [1.807, 2.05) is 24.3 Å². The molecule has 0 spiro atoms. The predicted molar refractivity (Wildman–Crippen MR) is 76.4 cm³/mol. The molecule has 0 amide bonds. The standard InChI is InChI=1S/C13H19N3O2S/c1-3-15-19(17,18)16(2)11-13-8-6-12(7-9-13)5-4-10-14/h6-9,15H,3,10-11,14H2,1-2H3. The van der Waals surface area contributed by atoms with Crippen LogP contribution in [0.1, 0.15) is 18.1 Å². The van der Waals surface area contributed by atoms with Crippen molar-refractivity contribution in [3.8, 4) is 11.8 Å². The fourth-order valence-electron chi connectivity index (χ4n) is 1.48. The highest BCUT2D eigenvalue weighted by molar-refractivity contribution is 7.87. The van der Waals surface area contributed by atoms with Gasteiger partial charge in [-0.1, -0.05) is 30.9 Å². The number of hydrogen-bond donors (Lipinski definition) is 2. The summed E-state index contributed by atoms with van der Waals surface area (Å²) in [5.41, 5.74) is 7.07. The Morgan fingerprint density at radius 2 is 1.95 bits per heavy atom. The highest BCUT2D eigenvalue weighted by Gasteiger charge is 2.15. The van der Waals surface area contributed by atoms with Gasteiger partial charge in [0.2, 0.25) is 0 Å². The van der Waals surface area contributed by atoms with Gasteiger partial charge in [0.25, 0.3) is 10.2 Å². The quantitative estimate of drug-likeness (QED) is 0.761. The van der Waals surface area contributed by atoms with Crippen LogP contribution in [-0.4, -0.2) is 32.9 Å². The maximum absolute atomic E-state index is 11.7. The van der Waals surface area contributed by atoms with Crippen LogP contribution in [0.3, 0.4) is 0 Å². The largest absolute Gasteiger partial charge is 0.320 e. The van der Waals surface area contributed by atoms with Crippen molar-refractivity contribution in [3.05, 3.63) is 35.4 Å². The minimum Gasteiger partial charge on any atom is -0.320 e. The third-order valence-corrected chi connectivity index (χ3v) is 4.03. The smallest absolute Gasteiger partial charge is 0.279 e. The zero-order chi connectivity index (χ0) is 14.3. The second-order valence-corrected chi connectivity index (χ2v) is 5.82. The summed E-state index contributed by atoms with van der Waals surface area (Å²) >= 11 is 0. The minimum atomic E-state index is -3.39. The van der Waals surface area contributed by atoms with Gasteiger partial charge in [0.15, 0.2) is 0 Å². The molecule has 19 heavy (non-hydrogen) atoms. The third kappa shape index (κ3) is 5.01. The average molecular weight is 281 g/mol. The van der Waals surface area contributed by atoms with Crippen LogP contribution in [0.5, 0.6) is 0 Å². The summed E-state index contributed by atoms with van der Waals surface area (Å²) in [7, 11) is -1.85. The summed E-state index contributed by atoms with van der Waals surface area (Å²) in [4.78, 5) is 0. The summed E-state index contributed by atoms with van der Waals surface area (Å²) in [6, 6.07) is 7.42. The molecule has 0 aliphatic carbocycles.